The lowest BCUT2D eigenvalue weighted by molar-refractivity contribution is 0.303. The van der Waals surface area contributed by atoms with E-state index in [9.17, 15) is 4.57 Å². The molecule has 2 N–H and O–H groups in total. The van der Waals surface area contributed by atoms with Gasteiger partial charge in [0.1, 0.15) is 0 Å². The molecule has 0 aromatic carbocycles. The maximum Gasteiger partial charge on any atom is 0.211 e. The minimum Gasteiger partial charge on any atom is -0.369 e. The Labute approximate surface area is 150 Å². The summed E-state index contributed by atoms with van der Waals surface area (Å²) in [7, 11) is -2.39. The molecular weight excluding hydrogens is 337 g/mol. The van der Waals surface area contributed by atoms with Crippen molar-refractivity contribution in [3.8, 4) is 6.19 Å². The summed E-state index contributed by atoms with van der Waals surface area (Å²) >= 11 is 0. The van der Waals surface area contributed by atoms with E-state index in [2.05, 4.69) is 9.98 Å². The molecule has 138 valence electrons. The van der Waals surface area contributed by atoms with Crippen molar-refractivity contribution in [2.24, 2.45) is 10.7 Å². The van der Waals surface area contributed by atoms with Crippen LogP contribution in [0, 0.1) is 11.5 Å². The van der Waals surface area contributed by atoms with Crippen LogP contribution in [0.3, 0.4) is 0 Å². The van der Waals surface area contributed by atoms with E-state index < -0.39 is 7.37 Å². The fourth-order valence-corrected chi connectivity index (χ4v) is 3.65. The van der Waals surface area contributed by atoms with Gasteiger partial charge in [0.15, 0.2) is 0 Å². The molecule has 8 heteroatoms. The molecule has 0 aliphatic heterocycles. The highest BCUT2D eigenvalue weighted by Crippen LogP contribution is 2.45. The Morgan fingerprint density at radius 1 is 1.28 bits per heavy atom. The minimum atomic E-state index is -2.39. The Hall–Kier alpha value is -1.90. The van der Waals surface area contributed by atoms with Crippen LogP contribution in [0.2, 0.25) is 0 Å². The minimum absolute atomic E-state index is 0.184. The summed E-state index contributed by atoms with van der Waals surface area (Å²) in [6.45, 7) is 5.03. The van der Waals surface area contributed by atoms with E-state index in [1.54, 1.807) is 18.6 Å². The van der Waals surface area contributed by atoms with Crippen LogP contribution in [-0.4, -0.2) is 36.4 Å². The maximum atomic E-state index is 12.1. The zero-order valence-corrected chi connectivity index (χ0v) is 16.0. The van der Waals surface area contributed by atoms with Crippen molar-refractivity contribution in [3.63, 3.8) is 0 Å². The van der Waals surface area contributed by atoms with Crippen molar-refractivity contribution in [2.75, 3.05) is 30.4 Å². The van der Waals surface area contributed by atoms with E-state index in [0.29, 0.717) is 25.5 Å². The predicted octanol–water partition coefficient (Wildman–Crippen LogP) is 3.58. The quantitative estimate of drug-likeness (QED) is 0.211. The van der Waals surface area contributed by atoms with Crippen molar-refractivity contribution in [3.05, 3.63) is 24.5 Å². The van der Waals surface area contributed by atoms with Gasteiger partial charge in [0.25, 0.3) is 0 Å². The van der Waals surface area contributed by atoms with Gasteiger partial charge in [-0.2, -0.15) is 5.26 Å². The van der Waals surface area contributed by atoms with Crippen molar-refractivity contribution < 1.29 is 9.09 Å². The zero-order chi connectivity index (χ0) is 18.5. The lowest BCUT2D eigenvalue weighted by atomic mass is 10.2. The Balaban J connectivity index is 2.38. The van der Waals surface area contributed by atoms with Gasteiger partial charge in [0.2, 0.25) is 19.5 Å². The molecule has 1 aromatic rings. The van der Waals surface area contributed by atoms with Crippen LogP contribution in [0.1, 0.15) is 39.5 Å². The van der Waals surface area contributed by atoms with E-state index in [0.717, 1.165) is 31.4 Å². The fourth-order valence-electron chi connectivity index (χ4n) is 2.37. The first kappa shape index (κ1) is 21.1. The van der Waals surface area contributed by atoms with Crippen LogP contribution in [-0.2, 0) is 9.09 Å². The topological polar surface area (TPSA) is 105 Å². The second-order valence-electron chi connectivity index (χ2n) is 5.62. The lowest BCUT2D eigenvalue weighted by Gasteiger charge is -2.22. The first-order chi connectivity index (χ1) is 12.1. The summed E-state index contributed by atoms with van der Waals surface area (Å²) in [5.74, 6) is 0.184. The van der Waals surface area contributed by atoms with Crippen LogP contribution in [0.25, 0.3) is 0 Å². The van der Waals surface area contributed by atoms with E-state index >= 15 is 0 Å². The van der Waals surface area contributed by atoms with Crippen molar-refractivity contribution in [2.45, 2.75) is 39.5 Å². The third-order valence-corrected chi connectivity index (χ3v) is 6.56. The molecule has 0 radical (unpaired) electrons. The fraction of sp³-hybridized carbons (Fsp3) is 0.588. The van der Waals surface area contributed by atoms with Crippen LogP contribution < -0.4 is 10.6 Å². The van der Waals surface area contributed by atoms with Gasteiger partial charge in [0, 0.05) is 36.9 Å². The number of pyridine rings is 1. The molecule has 7 nitrogen and oxygen atoms in total. The number of nitriles is 1. The summed E-state index contributed by atoms with van der Waals surface area (Å²) in [5.41, 5.74) is 6.75. The van der Waals surface area contributed by atoms with Gasteiger partial charge >= 0.3 is 0 Å². The number of hydrogen-bond acceptors (Lipinski definition) is 5. The zero-order valence-electron chi connectivity index (χ0n) is 15.1. The highest BCUT2D eigenvalue weighted by Gasteiger charge is 2.16. The van der Waals surface area contributed by atoms with Crippen LogP contribution in [0.5, 0.6) is 0 Å². The number of anilines is 1. The average Bonchev–Trinajstić information content (AvgIpc) is 2.64. The Bertz CT molecular complexity index is 607. The first-order valence-corrected chi connectivity index (χ1v) is 10.7. The largest absolute Gasteiger partial charge is 0.369 e. The van der Waals surface area contributed by atoms with Crippen LogP contribution in [0.4, 0.5) is 5.69 Å². The Morgan fingerprint density at radius 3 is 2.52 bits per heavy atom. The second kappa shape index (κ2) is 11.6. The van der Waals surface area contributed by atoms with Crippen molar-refractivity contribution in [1.82, 2.24) is 4.98 Å². The number of aromatic nitrogens is 1. The van der Waals surface area contributed by atoms with E-state index in [1.807, 2.05) is 30.9 Å². The van der Waals surface area contributed by atoms with E-state index in [1.165, 1.54) is 0 Å². The molecule has 1 heterocycles. The molecule has 25 heavy (non-hydrogen) atoms. The normalized spacial score (nSPS) is 12.0. The van der Waals surface area contributed by atoms with Crippen molar-refractivity contribution in [1.29, 1.82) is 5.26 Å². The van der Waals surface area contributed by atoms with Gasteiger partial charge in [0.05, 0.1) is 6.61 Å². The summed E-state index contributed by atoms with van der Waals surface area (Å²) in [5, 5.41) is 8.71. The lowest BCUT2D eigenvalue weighted by Crippen LogP contribution is -2.38. The number of nitrogens with two attached hydrogens (primary N) is 1. The first-order valence-electron chi connectivity index (χ1n) is 8.68. The summed E-state index contributed by atoms with van der Waals surface area (Å²) < 4.78 is 17.7. The molecule has 0 bridgehead atoms. The second-order valence-corrected chi connectivity index (χ2v) is 8.77. The molecule has 0 aliphatic carbocycles. The highest BCUT2D eigenvalue weighted by molar-refractivity contribution is 7.58. The van der Waals surface area contributed by atoms with E-state index in [-0.39, 0.29) is 5.96 Å². The smallest absolute Gasteiger partial charge is 0.211 e. The Kier molecular flexibility index (Phi) is 9.83. The molecule has 1 aromatic heterocycles. The van der Waals surface area contributed by atoms with Crippen LogP contribution >= 0.6 is 7.37 Å². The number of nitrogens with zero attached hydrogens (tertiary/aromatic N) is 4. The number of rotatable bonds is 11. The van der Waals surface area contributed by atoms with Gasteiger partial charge in [-0.1, -0.05) is 26.7 Å². The molecule has 1 rings (SSSR count). The van der Waals surface area contributed by atoms with Crippen molar-refractivity contribution >= 4 is 19.0 Å². The molecule has 0 saturated heterocycles. The summed E-state index contributed by atoms with van der Waals surface area (Å²) in [6, 6.07) is 3.67. The van der Waals surface area contributed by atoms with Crippen LogP contribution in [0.15, 0.2) is 29.5 Å². The Morgan fingerprint density at radius 2 is 1.92 bits per heavy atom. The number of aliphatic imine (C=N–C) groups is 1. The molecular formula is C17H28N5O2P. The van der Waals surface area contributed by atoms with Gasteiger partial charge < -0.3 is 15.2 Å². The molecule has 0 spiro atoms. The van der Waals surface area contributed by atoms with Gasteiger partial charge in [-0.05, 0) is 25.0 Å². The van der Waals surface area contributed by atoms with Gasteiger partial charge in [-0.3, -0.25) is 9.55 Å². The standard InChI is InChI=1S/C17H28N5O2P/c1-3-25(23,4-2)24-14-8-6-5-7-13-22(17(19)21-15-18)16-9-11-20-12-10-16/h9-12H,3-8,13-14H2,1-2H3,(H2,19,21). The predicted molar refractivity (Wildman–Crippen MR) is 102 cm³/mol. The SMILES string of the molecule is CCP(=O)(CC)OCCCCCCN(C(N)=NC#N)c1ccncc1. The third-order valence-electron chi connectivity index (χ3n) is 3.98. The molecule has 0 amide bonds. The highest BCUT2D eigenvalue weighted by atomic mass is 31.2. The number of unbranched alkanes of at least 4 members (excludes halogenated alkanes) is 3. The maximum absolute atomic E-state index is 12.1. The molecule has 0 saturated carbocycles. The molecule has 0 aliphatic rings. The van der Waals surface area contributed by atoms with E-state index in [4.69, 9.17) is 15.5 Å². The third kappa shape index (κ3) is 7.68. The molecule has 0 fully saturated rings. The summed E-state index contributed by atoms with van der Waals surface area (Å²) in [4.78, 5) is 9.43. The number of hydrogen-bond donors (Lipinski definition) is 1. The average molecular weight is 365 g/mol. The summed E-state index contributed by atoms with van der Waals surface area (Å²) in [6.07, 6.45) is 10.1. The molecule has 0 unspecified atom stereocenters. The number of guanidine groups is 1. The molecule has 0 atom stereocenters. The van der Waals surface area contributed by atoms with Gasteiger partial charge in [-0.15, -0.1) is 4.99 Å². The monoisotopic (exact) mass is 365 g/mol. The van der Waals surface area contributed by atoms with Gasteiger partial charge in [-0.25, -0.2) is 0 Å².